The average molecular weight is 201 g/mol. The van der Waals surface area contributed by atoms with Crippen LogP contribution in [-0.4, -0.2) is 39.5 Å². The standard InChI is InChI=1S/C11H23NO2/c1-3-5-8-13-10-11-14-9-7-12-6-4-2/h4,12H,2-3,5-11H2,1H3. The fraction of sp³-hybridized carbons (Fsp3) is 0.818. The van der Waals surface area contributed by atoms with Gasteiger partial charge in [-0.2, -0.15) is 0 Å². The summed E-state index contributed by atoms with van der Waals surface area (Å²) in [6.07, 6.45) is 4.17. The van der Waals surface area contributed by atoms with Crippen molar-refractivity contribution in [3.05, 3.63) is 12.7 Å². The Bertz CT molecular complexity index is 118. The van der Waals surface area contributed by atoms with E-state index in [2.05, 4.69) is 18.8 Å². The lowest BCUT2D eigenvalue weighted by Gasteiger charge is -2.05. The molecule has 0 rings (SSSR count). The van der Waals surface area contributed by atoms with Gasteiger partial charge in [-0.25, -0.2) is 0 Å². The van der Waals surface area contributed by atoms with Crippen LogP contribution in [0.15, 0.2) is 12.7 Å². The minimum atomic E-state index is 0.694. The molecular weight excluding hydrogens is 178 g/mol. The van der Waals surface area contributed by atoms with Gasteiger partial charge in [-0.3, -0.25) is 0 Å². The molecule has 84 valence electrons. The number of hydrogen-bond donors (Lipinski definition) is 1. The molecule has 0 fully saturated rings. The highest BCUT2D eigenvalue weighted by molar-refractivity contribution is 4.68. The van der Waals surface area contributed by atoms with E-state index in [4.69, 9.17) is 9.47 Å². The minimum Gasteiger partial charge on any atom is -0.379 e. The van der Waals surface area contributed by atoms with Gasteiger partial charge in [-0.05, 0) is 6.42 Å². The van der Waals surface area contributed by atoms with E-state index in [1.807, 2.05) is 6.08 Å². The topological polar surface area (TPSA) is 30.5 Å². The van der Waals surface area contributed by atoms with Crippen molar-refractivity contribution in [2.75, 3.05) is 39.5 Å². The highest BCUT2D eigenvalue weighted by Gasteiger charge is 1.89. The second-order valence-electron chi connectivity index (χ2n) is 3.07. The molecule has 0 aliphatic rings. The van der Waals surface area contributed by atoms with E-state index in [0.29, 0.717) is 13.2 Å². The van der Waals surface area contributed by atoms with Crippen molar-refractivity contribution in [2.45, 2.75) is 19.8 Å². The lowest BCUT2D eigenvalue weighted by Crippen LogP contribution is -2.20. The molecule has 3 nitrogen and oxygen atoms in total. The van der Waals surface area contributed by atoms with E-state index in [1.165, 1.54) is 6.42 Å². The molecule has 0 saturated carbocycles. The summed E-state index contributed by atoms with van der Waals surface area (Å²) < 4.78 is 10.7. The van der Waals surface area contributed by atoms with Crippen LogP contribution in [0.25, 0.3) is 0 Å². The summed E-state index contributed by atoms with van der Waals surface area (Å²) in [6.45, 7) is 10.5. The number of unbranched alkanes of at least 4 members (excludes halogenated alkanes) is 1. The SMILES string of the molecule is C=CCNCCOCCOCCCC. The van der Waals surface area contributed by atoms with Crippen LogP contribution in [0.1, 0.15) is 19.8 Å². The summed E-state index contributed by atoms with van der Waals surface area (Å²) in [5.41, 5.74) is 0. The molecule has 0 aliphatic heterocycles. The van der Waals surface area contributed by atoms with Crippen LogP contribution in [0.2, 0.25) is 0 Å². The zero-order valence-electron chi connectivity index (χ0n) is 9.26. The van der Waals surface area contributed by atoms with E-state index in [9.17, 15) is 0 Å². The molecule has 0 heterocycles. The summed E-state index contributed by atoms with van der Waals surface area (Å²) >= 11 is 0. The molecule has 0 aromatic heterocycles. The summed E-state index contributed by atoms with van der Waals surface area (Å²) in [5, 5.41) is 3.16. The molecule has 0 aliphatic carbocycles. The van der Waals surface area contributed by atoms with E-state index >= 15 is 0 Å². The van der Waals surface area contributed by atoms with Crippen LogP contribution >= 0.6 is 0 Å². The third-order valence-corrected chi connectivity index (χ3v) is 1.73. The normalized spacial score (nSPS) is 10.4. The van der Waals surface area contributed by atoms with E-state index < -0.39 is 0 Å². The Balaban J connectivity index is 2.81. The molecule has 0 aromatic carbocycles. The Morgan fingerprint density at radius 2 is 1.86 bits per heavy atom. The van der Waals surface area contributed by atoms with Crippen LogP contribution in [-0.2, 0) is 9.47 Å². The molecular formula is C11H23NO2. The summed E-state index contributed by atoms with van der Waals surface area (Å²) in [5.74, 6) is 0. The van der Waals surface area contributed by atoms with Crippen molar-refractivity contribution in [2.24, 2.45) is 0 Å². The second kappa shape index (κ2) is 12.6. The van der Waals surface area contributed by atoms with Gasteiger partial charge in [-0.1, -0.05) is 19.4 Å². The Morgan fingerprint density at radius 3 is 2.50 bits per heavy atom. The molecule has 0 bridgehead atoms. The van der Waals surface area contributed by atoms with Crippen LogP contribution in [0.5, 0.6) is 0 Å². The second-order valence-corrected chi connectivity index (χ2v) is 3.07. The summed E-state index contributed by atoms with van der Waals surface area (Å²) in [7, 11) is 0. The van der Waals surface area contributed by atoms with Gasteiger partial charge in [0.2, 0.25) is 0 Å². The number of ether oxygens (including phenoxy) is 2. The third-order valence-electron chi connectivity index (χ3n) is 1.73. The van der Waals surface area contributed by atoms with Crippen molar-refractivity contribution in [1.29, 1.82) is 0 Å². The van der Waals surface area contributed by atoms with E-state index in [1.54, 1.807) is 0 Å². The minimum absolute atomic E-state index is 0.694. The van der Waals surface area contributed by atoms with Crippen LogP contribution in [0, 0.1) is 0 Å². The number of nitrogens with one attached hydrogen (secondary N) is 1. The summed E-state index contributed by atoms with van der Waals surface area (Å²) in [4.78, 5) is 0. The van der Waals surface area contributed by atoms with Gasteiger partial charge < -0.3 is 14.8 Å². The largest absolute Gasteiger partial charge is 0.379 e. The molecule has 0 radical (unpaired) electrons. The Hall–Kier alpha value is -0.380. The first-order valence-electron chi connectivity index (χ1n) is 5.39. The van der Waals surface area contributed by atoms with Gasteiger partial charge in [0.25, 0.3) is 0 Å². The molecule has 0 saturated heterocycles. The highest BCUT2D eigenvalue weighted by atomic mass is 16.5. The predicted octanol–water partition coefficient (Wildman–Crippen LogP) is 1.60. The van der Waals surface area contributed by atoms with Gasteiger partial charge in [-0.15, -0.1) is 6.58 Å². The lowest BCUT2D eigenvalue weighted by atomic mass is 10.4. The third kappa shape index (κ3) is 11.6. The Kier molecular flexibility index (Phi) is 12.3. The maximum absolute atomic E-state index is 5.34. The van der Waals surface area contributed by atoms with Crippen molar-refractivity contribution in [3.63, 3.8) is 0 Å². The maximum atomic E-state index is 5.34. The van der Waals surface area contributed by atoms with Gasteiger partial charge in [0, 0.05) is 19.7 Å². The smallest absolute Gasteiger partial charge is 0.0701 e. The van der Waals surface area contributed by atoms with Gasteiger partial charge >= 0.3 is 0 Å². The average Bonchev–Trinajstić information content (AvgIpc) is 2.21. The quantitative estimate of drug-likeness (QED) is 0.407. The van der Waals surface area contributed by atoms with E-state index in [0.717, 1.165) is 32.7 Å². The highest BCUT2D eigenvalue weighted by Crippen LogP contribution is 1.87. The van der Waals surface area contributed by atoms with Crippen molar-refractivity contribution >= 4 is 0 Å². The lowest BCUT2D eigenvalue weighted by molar-refractivity contribution is 0.0480. The molecule has 0 amide bonds. The molecule has 0 atom stereocenters. The van der Waals surface area contributed by atoms with Crippen LogP contribution < -0.4 is 5.32 Å². The molecule has 1 N–H and O–H groups in total. The molecule has 0 aromatic rings. The van der Waals surface area contributed by atoms with Crippen molar-refractivity contribution in [1.82, 2.24) is 5.32 Å². The van der Waals surface area contributed by atoms with Gasteiger partial charge in [0.15, 0.2) is 0 Å². The Morgan fingerprint density at radius 1 is 1.14 bits per heavy atom. The van der Waals surface area contributed by atoms with Crippen molar-refractivity contribution < 1.29 is 9.47 Å². The van der Waals surface area contributed by atoms with Crippen molar-refractivity contribution in [3.8, 4) is 0 Å². The maximum Gasteiger partial charge on any atom is 0.0701 e. The van der Waals surface area contributed by atoms with Gasteiger partial charge in [0.1, 0.15) is 0 Å². The number of rotatable bonds is 11. The molecule has 0 spiro atoms. The monoisotopic (exact) mass is 201 g/mol. The zero-order chi connectivity index (χ0) is 10.5. The first-order valence-corrected chi connectivity index (χ1v) is 5.39. The predicted molar refractivity (Wildman–Crippen MR) is 59.6 cm³/mol. The first kappa shape index (κ1) is 13.6. The molecule has 14 heavy (non-hydrogen) atoms. The fourth-order valence-corrected chi connectivity index (χ4v) is 0.917. The molecule has 3 heteroatoms. The number of hydrogen-bond acceptors (Lipinski definition) is 3. The Labute approximate surface area is 87.5 Å². The van der Waals surface area contributed by atoms with Crippen LogP contribution in [0.4, 0.5) is 0 Å². The van der Waals surface area contributed by atoms with E-state index in [-0.39, 0.29) is 0 Å². The molecule has 0 unspecified atom stereocenters. The van der Waals surface area contributed by atoms with Crippen LogP contribution in [0.3, 0.4) is 0 Å². The van der Waals surface area contributed by atoms with Gasteiger partial charge in [0.05, 0.1) is 19.8 Å². The fourth-order valence-electron chi connectivity index (χ4n) is 0.917. The zero-order valence-corrected chi connectivity index (χ0v) is 9.26. The summed E-state index contributed by atoms with van der Waals surface area (Å²) in [6, 6.07) is 0. The first-order chi connectivity index (χ1) is 6.91.